The highest BCUT2D eigenvalue weighted by Crippen LogP contribution is 2.29. The van der Waals surface area contributed by atoms with E-state index >= 15 is 0 Å². The van der Waals surface area contributed by atoms with Crippen LogP contribution in [0.4, 0.5) is 0 Å². The highest BCUT2D eigenvalue weighted by molar-refractivity contribution is 8.00. The van der Waals surface area contributed by atoms with Crippen molar-refractivity contribution in [3.8, 4) is 0 Å². The molecule has 2 rings (SSSR count). The summed E-state index contributed by atoms with van der Waals surface area (Å²) >= 11 is 13.4. The van der Waals surface area contributed by atoms with Crippen LogP contribution in [-0.2, 0) is 11.2 Å². The second-order valence-electron chi connectivity index (χ2n) is 4.95. The molecule has 0 fully saturated rings. The summed E-state index contributed by atoms with van der Waals surface area (Å²) < 4.78 is 5.27. The van der Waals surface area contributed by atoms with Gasteiger partial charge < -0.3 is 9.73 Å². The van der Waals surface area contributed by atoms with Crippen LogP contribution in [0.5, 0.6) is 0 Å². The van der Waals surface area contributed by atoms with Gasteiger partial charge in [0, 0.05) is 22.4 Å². The molecule has 1 amide bonds. The van der Waals surface area contributed by atoms with E-state index in [9.17, 15) is 4.79 Å². The van der Waals surface area contributed by atoms with Gasteiger partial charge in [0.15, 0.2) is 0 Å². The van der Waals surface area contributed by atoms with Crippen molar-refractivity contribution in [3.63, 3.8) is 0 Å². The van der Waals surface area contributed by atoms with Gasteiger partial charge in [-0.05, 0) is 43.7 Å². The Hall–Kier alpha value is -1.10. The number of halogens is 2. The number of rotatable bonds is 7. The van der Waals surface area contributed by atoms with Crippen molar-refractivity contribution in [2.75, 3.05) is 5.75 Å². The Morgan fingerprint density at radius 1 is 1.36 bits per heavy atom. The maximum absolute atomic E-state index is 12.0. The molecular weight excluding hydrogens is 341 g/mol. The van der Waals surface area contributed by atoms with Gasteiger partial charge in [-0.3, -0.25) is 4.79 Å². The minimum Gasteiger partial charge on any atom is -0.469 e. The summed E-state index contributed by atoms with van der Waals surface area (Å²) in [7, 11) is 0. The molecule has 118 valence electrons. The first-order valence-electron chi connectivity index (χ1n) is 6.94. The van der Waals surface area contributed by atoms with Gasteiger partial charge in [0.1, 0.15) is 5.76 Å². The number of furan rings is 1. The van der Waals surface area contributed by atoms with Gasteiger partial charge >= 0.3 is 0 Å². The molecule has 0 aliphatic carbocycles. The zero-order valence-corrected chi connectivity index (χ0v) is 14.5. The molecule has 2 aromatic rings. The maximum Gasteiger partial charge on any atom is 0.230 e. The van der Waals surface area contributed by atoms with Crippen LogP contribution in [0.3, 0.4) is 0 Å². The summed E-state index contributed by atoms with van der Waals surface area (Å²) in [6.45, 7) is 1.98. The molecule has 1 unspecified atom stereocenters. The van der Waals surface area contributed by atoms with E-state index < -0.39 is 0 Å². The van der Waals surface area contributed by atoms with Crippen molar-refractivity contribution in [2.45, 2.75) is 30.7 Å². The lowest BCUT2D eigenvalue weighted by Gasteiger charge is -2.13. The van der Waals surface area contributed by atoms with Crippen LogP contribution in [0, 0.1) is 0 Å². The van der Waals surface area contributed by atoms with E-state index in [0.717, 1.165) is 23.5 Å². The van der Waals surface area contributed by atoms with Crippen LogP contribution in [-0.4, -0.2) is 17.7 Å². The molecule has 0 spiro atoms. The summed E-state index contributed by atoms with van der Waals surface area (Å²) in [6.07, 6.45) is 3.30. The quantitative estimate of drug-likeness (QED) is 0.722. The van der Waals surface area contributed by atoms with E-state index in [2.05, 4.69) is 5.32 Å². The topological polar surface area (TPSA) is 42.2 Å². The van der Waals surface area contributed by atoms with Crippen molar-refractivity contribution in [2.24, 2.45) is 0 Å². The number of hydrogen-bond donors (Lipinski definition) is 1. The van der Waals surface area contributed by atoms with Gasteiger partial charge in [0.2, 0.25) is 5.91 Å². The first-order valence-corrected chi connectivity index (χ1v) is 8.68. The molecule has 1 atom stereocenters. The standard InChI is InChI=1S/C16H17Cl2NO2S/c1-11(4-6-13-3-2-8-21-13)19-16(20)10-22-15-9-12(17)5-7-14(15)18/h2-3,5,7-9,11H,4,6,10H2,1H3,(H,19,20). The largest absolute Gasteiger partial charge is 0.469 e. The molecule has 1 aromatic carbocycles. The minimum atomic E-state index is -0.0204. The van der Waals surface area contributed by atoms with Crippen molar-refractivity contribution in [1.29, 1.82) is 0 Å². The lowest BCUT2D eigenvalue weighted by atomic mass is 10.1. The number of nitrogens with one attached hydrogen (secondary N) is 1. The Morgan fingerprint density at radius 2 is 2.18 bits per heavy atom. The second kappa shape index (κ2) is 8.51. The third-order valence-corrected chi connectivity index (χ3v) is 4.80. The Labute approximate surface area is 144 Å². The predicted molar refractivity (Wildman–Crippen MR) is 91.8 cm³/mol. The SMILES string of the molecule is CC(CCc1ccco1)NC(=O)CSc1cc(Cl)ccc1Cl. The molecule has 3 nitrogen and oxygen atoms in total. The monoisotopic (exact) mass is 357 g/mol. The molecule has 1 heterocycles. The van der Waals surface area contributed by atoms with Gasteiger partial charge in [-0.2, -0.15) is 0 Å². The molecule has 1 aromatic heterocycles. The van der Waals surface area contributed by atoms with E-state index in [1.165, 1.54) is 11.8 Å². The van der Waals surface area contributed by atoms with E-state index in [0.29, 0.717) is 15.8 Å². The fourth-order valence-corrected chi connectivity index (χ4v) is 3.24. The molecule has 0 saturated carbocycles. The Kier molecular flexibility index (Phi) is 6.68. The number of amides is 1. The average molecular weight is 358 g/mol. The highest BCUT2D eigenvalue weighted by atomic mass is 35.5. The normalized spacial score (nSPS) is 12.1. The molecular formula is C16H17Cl2NO2S. The molecule has 0 aliphatic rings. The molecule has 1 N–H and O–H groups in total. The highest BCUT2D eigenvalue weighted by Gasteiger charge is 2.10. The van der Waals surface area contributed by atoms with Gasteiger partial charge in [-0.15, -0.1) is 11.8 Å². The third kappa shape index (κ3) is 5.59. The molecule has 0 bridgehead atoms. The fourth-order valence-electron chi connectivity index (χ4n) is 1.93. The van der Waals surface area contributed by atoms with E-state index in [1.807, 2.05) is 19.1 Å². The van der Waals surface area contributed by atoms with E-state index in [-0.39, 0.29) is 11.9 Å². The summed E-state index contributed by atoms with van der Waals surface area (Å²) in [5.41, 5.74) is 0. The number of benzene rings is 1. The number of thioether (sulfide) groups is 1. The van der Waals surface area contributed by atoms with Crippen molar-refractivity contribution >= 4 is 40.9 Å². The maximum atomic E-state index is 12.0. The van der Waals surface area contributed by atoms with Crippen LogP contribution < -0.4 is 5.32 Å². The van der Waals surface area contributed by atoms with Gasteiger partial charge in [-0.25, -0.2) is 0 Å². The zero-order valence-electron chi connectivity index (χ0n) is 12.1. The first-order chi connectivity index (χ1) is 10.5. The van der Waals surface area contributed by atoms with Crippen molar-refractivity contribution in [1.82, 2.24) is 5.32 Å². The van der Waals surface area contributed by atoms with Crippen LogP contribution in [0.1, 0.15) is 19.1 Å². The molecule has 6 heteroatoms. The zero-order chi connectivity index (χ0) is 15.9. The van der Waals surface area contributed by atoms with Crippen molar-refractivity contribution < 1.29 is 9.21 Å². The second-order valence-corrected chi connectivity index (χ2v) is 6.81. The lowest BCUT2D eigenvalue weighted by molar-refractivity contribution is -0.119. The molecule has 0 saturated heterocycles. The number of carbonyl (C=O) groups excluding carboxylic acids is 1. The average Bonchev–Trinajstić information content (AvgIpc) is 2.99. The van der Waals surface area contributed by atoms with Crippen molar-refractivity contribution in [3.05, 3.63) is 52.4 Å². The fraction of sp³-hybridized carbons (Fsp3) is 0.312. The van der Waals surface area contributed by atoms with Gasteiger partial charge in [0.05, 0.1) is 17.0 Å². The van der Waals surface area contributed by atoms with Crippen LogP contribution >= 0.6 is 35.0 Å². The summed E-state index contributed by atoms with van der Waals surface area (Å²) in [5.74, 6) is 1.22. The number of carbonyl (C=O) groups is 1. The van der Waals surface area contributed by atoms with Crippen LogP contribution in [0.15, 0.2) is 45.9 Å². The summed E-state index contributed by atoms with van der Waals surface area (Å²) in [4.78, 5) is 12.8. The van der Waals surface area contributed by atoms with E-state index in [4.69, 9.17) is 27.6 Å². The predicted octanol–water partition coefficient (Wildman–Crippen LogP) is 4.82. The lowest BCUT2D eigenvalue weighted by Crippen LogP contribution is -2.34. The van der Waals surface area contributed by atoms with Gasteiger partial charge in [0.25, 0.3) is 0 Å². The smallest absolute Gasteiger partial charge is 0.230 e. The third-order valence-electron chi connectivity index (χ3n) is 3.06. The minimum absolute atomic E-state index is 0.0204. The Morgan fingerprint density at radius 3 is 2.91 bits per heavy atom. The Balaban J connectivity index is 1.74. The number of hydrogen-bond acceptors (Lipinski definition) is 3. The van der Waals surface area contributed by atoms with Gasteiger partial charge in [-0.1, -0.05) is 23.2 Å². The Bertz CT molecular complexity index is 617. The van der Waals surface area contributed by atoms with Crippen LogP contribution in [0.25, 0.3) is 0 Å². The molecule has 0 aliphatic heterocycles. The van der Waals surface area contributed by atoms with Crippen LogP contribution in [0.2, 0.25) is 10.0 Å². The summed E-state index contributed by atoms with van der Waals surface area (Å²) in [5, 5.41) is 4.18. The number of aryl methyl sites for hydroxylation is 1. The molecule has 22 heavy (non-hydrogen) atoms. The first kappa shape index (κ1) is 17.3. The summed E-state index contributed by atoms with van der Waals surface area (Å²) in [6, 6.07) is 9.12. The molecule has 0 radical (unpaired) electrons. The van der Waals surface area contributed by atoms with E-state index in [1.54, 1.807) is 24.5 Å².